The van der Waals surface area contributed by atoms with Crippen molar-refractivity contribution in [2.75, 3.05) is 18.9 Å². The summed E-state index contributed by atoms with van der Waals surface area (Å²) in [5.41, 5.74) is 7.57. The summed E-state index contributed by atoms with van der Waals surface area (Å²) < 4.78 is 11.0. The lowest BCUT2D eigenvalue weighted by molar-refractivity contribution is 0.0629. The van der Waals surface area contributed by atoms with E-state index < -0.39 is 6.10 Å². The first-order valence-corrected chi connectivity index (χ1v) is 7.06. The molecule has 0 saturated heterocycles. The predicted molar refractivity (Wildman–Crippen MR) is 83.7 cm³/mol. The number of hydrogen-bond donors (Lipinski definition) is 2. The van der Waals surface area contributed by atoms with Gasteiger partial charge in [-0.1, -0.05) is 31.2 Å². The molecule has 0 radical (unpaired) electrons. The number of benzene rings is 2. The summed E-state index contributed by atoms with van der Waals surface area (Å²) >= 11 is 0. The average Bonchev–Trinajstić information content (AvgIpc) is 2.52. The first kappa shape index (κ1) is 15.2. The van der Waals surface area contributed by atoms with Crippen molar-refractivity contribution in [3.63, 3.8) is 0 Å². The molecule has 21 heavy (non-hydrogen) atoms. The van der Waals surface area contributed by atoms with E-state index in [9.17, 15) is 5.11 Å². The van der Waals surface area contributed by atoms with Crippen LogP contribution in [0, 0.1) is 0 Å². The summed E-state index contributed by atoms with van der Waals surface area (Å²) in [4.78, 5) is 0. The predicted octanol–water partition coefficient (Wildman–Crippen LogP) is 2.65. The van der Waals surface area contributed by atoms with Gasteiger partial charge in [-0.15, -0.1) is 0 Å². The minimum absolute atomic E-state index is 0.140. The molecule has 0 amide bonds. The van der Waals surface area contributed by atoms with E-state index in [1.165, 1.54) is 5.56 Å². The third-order valence-electron chi connectivity index (χ3n) is 3.12. The fraction of sp³-hybridized carbons (Fsp3) is 0.294. The number of aliphatic hydroxyl groups is 1. The van der Waals surface area contributed by atoms with Gasteiger partial charge in [-0.3, -0.25) is 0 Å². The van der Waals surface area contributed by atoms with E-state index in [1.54, 1.807) is 12.1 Å². The smallest absolute Gasteiger partial charge is 0.142 e. The van der Waals surface area contributed by atoms with Gasteiger partial charge in [-0.25, -0.2) is 0 Å². The summed E-state index contributed by atoms with van der Waals surface area (Å²) in [7, 11) is 0. The van der Waals surface area contributed by atoms with Crippen LogP contribution >= 0.6 is 0 Å². The van der Waals surface area contributed by atoms with Crippen molar-refractivity contribution < 1.29 is 14.6 Å². The highest BCUT2D eigenvalue weighted by Crippen LogP contribution is 2.20. The lowest BCUT2D eigenvalue weighted by Crippen LogP contribution is -2.25. The van der Waals surface area contributed by atoms with Gasteiger partial charge in [0.05, 0.1) is 5.69 Å². The molecular weight excluding hydrogens is 266 g/mol. The Morgan fingerprint density at radius 2 is 1.67 bits per heavy atom. The lowest BCUT2D eigenvalue weighted by Gasteiger charge is -2.14. The van der Waals surface area contributed by atoms with Crippen molar-refractivity contribution in [3.05, 3.63) is 54.1 Å². The third kappa shape index (κ3) is 4.68. The molecule has 0 aliphatic heterocycles. The summed E-state index contributed by atoms with van der Waals surface area (Å²) in [5, 5.41) is 9.87. The Labute approximate surface area is 125 Å². The number of nitrogen functional groups attached to an aromatic ring is 1. The van der Waals surface area contributed by atoms with E-state index in [0.29, 0.717) is 11.4 Å². The fourth-order valence-corrected chi connectivity index (χ4v) is 1.86. The third-order valence-corrected chi connectivity index (χ3v) is 3.12. The molecule has 2 aromatic carbocycles. The van der Waals surface area contributed by atoms with Crippen LogP contribution in [-0.4, -0.2) is 24.4 Å². The van der Waals surface area contributed by atoms with Crippen LogP contribution in [0.25, 0.3) is 0 Å². The van der Waals surface area contributed by atoms with Crippen molar-refractivity contribution in [1.82, 2.24) is 0 Å². The molecule has 0 bridgehead atoms. The molecule has 0 spiro atoms. The zero-order valence-corrected chi connectivity index (χ0v) is 12.2. The van der Waals surface area contributed by atoms with Crippen LogP contribution in [0.3, 0.4) is 0 Å². The molecule has 0 fully saturated rings. The van der Waals surface area contributed by atoms with E-state index in [4.69, 9.17) is 15.2 Å². The summed E-state index contributed by atoms with van der Waals surface area (Å²) in [6.45, 7) is 2.42. The van der Waals surface area contributed by atoms with Crippen molar-refractivity contribution >= 4 is 5.69 Å². The van der Waals surface area contributed by atoms with Crippen molar-refractivity contribution in [2.45, 2.75) is 19.4 Å². The molecule has 2 aromatic rings. The zero-order chi connectivity index (χ0) is 15.1. The Balaban J connectivity index is 1.76. The minimum atomic E-state index is -0.713. The molecule has 0 saturated carbocycles. The van der Waals surface area contributed by atoms with Gasteiger partial charge in [-0.2, -0.15) is 0 Å². The monoisotopic (exact) mass is 287 g/mol. The standard InChI is InChI=1S/C17H21NO3/c1-2-13-7-9-15(10-8-13)20-11-14(19)12-21-17-6-4-3-5-16(17)18/h3-10,14,19H,2,11-12,18H2,1H3. The maximum atomic E-state index is 9.87. The average molecular weight is 287 g/mol. The number of nitrogens with two attached hydrogens (primary N) is 1. The van der Waals surface area contributed by atoms with Gasteiger partial charge in [0.2, 0.25) is 0 Å². The van der Waals surface area contributed by atoms with Gasteiger partial charge < -0.3 is 20.3 Å². The minimum Gasteiger partial charge on any atom is -0.491 e. The molecule has 2 rings (SSSR count). The Bertz CT molecular complexity index is 554. The van der Waals surface area contributed by atoms with Gasteiger partial charge in [0, 0.05) is 0 Å². The van der Waals surface area contributed by atoms with E-state index in [0.717, 1.165) is 12.2 Å². The highest BCUT2D eigenvalue weighted by atomic mass is 16.5. The van der Waals surface area contributed by atoms with Crippen LogP contribution in [0.4, 0.5) is 5.69 Å². The molecule has 4 heteroatoms. The molecule has 1 unspecified atom stereocenters. The van der Waals surface area contributed by atoms with Crippen LogP contribution < -0.4 is 15.2 Å². The number of para-hydroxylation sites is 2. The number of aliphatic hydroxyl groups excluding tert-OH is 1. The van der Waals surface area contributed by atoms with Gasteiger partial charge in [0.15, 0.2) is 0 Å². The largest absolute Gasteiger partial charge is 0.491 e. The fourth-order valence-electron chi connectivity index (χ4n) is 1.86. The molecule has 0 aliphatic carbocycles. The lowest BCUT2D eigenvalue weighted by atomic mass is 10.2. The van der Waals surface area contributed by atoms with E-state index in [2.05, 4.69) is 6.92 Å². The Hall–Kier alpha value is -2.20. The number of hydrogen-bond acceptors (Lipinski definition) is 4. The number of aryl methyl sites for hydroxylation is 1. The molecule has 3 N–H and O–H groups in total. The van der Waals surface area contributed by atoms with Crippen LogP contribution in [0.1, 0.15) is 12.5 Å². The van der Waals surface area contributed by atoms with Crippen LogP contribution in [0.5, 0.6) is 11.5 Å². The van der Waals surface area contributed by atoms with Crippen LogP contribution in [0.15, 0.2) is 48.5 Å². The van der Waals surface area contributed by atoms with Gasteiger partial charge in [-0.05, 0) is 36.2 Å². The highest BCUT2D eigenvalue weighted by molar-refractivity contribution is 5.51. The Morgan fingerprint density at radius 1 is 1.00 bits per heavy atom. The molecule has 0 heterocycles. The second-order valence-corrected chi connectivity index (χ2v) is 4.81. The molecule has 1 atom stereocenters. The second-order valence-electron chi connectivity index (χ2n) is 4.81. The Kier molecular flexibility index (Phi) is 5.46. The zero-order valence-electron chi connectivity index (χ0n) is 12.2. The summed E-state index contributed by atoms with van der Waals surface area (Å²) in [6, 6.07) is 15.0. The van der Waals surface area contributed by atoms with Gasteiger partial charge >= 0.3 is 0 Å². The van der Waals surface area contributed by atoms with Crippen molar-refractivity contribution in [1.29, 1.82) is 0 Å². The maximum Gasteiger partial charge on any atom is 0.142 e. The van der Waals surface area contributed by atoms with E-state index in [-0.39, 0.29) is 13.2 Å². The summed E-state index contributed by atoms with van der Waals surface area (Å²) in [5.74, 6) is 1.31. The quantitative estimate of drug-likeness (QED) is 0.768. The number of anilines is 1. The van der Waals surface area contributed by atoms with E-state index >= 15 is 0 Å². The molecule has 0 aromatic heterocycles. The van der Waals surface area contributed by atoms with E-state index in [1.807, 2.05) is 36.4 Å². The topological polar surface area (TPSA) is 64.7 Å². The van der Waals surface area contributed by atoms with Crippen molar-refractivity contribution in [3.8, 4) is 11.5 Å². The first-order valence-electron chi connectivity index (χ1n) is 7.06. The van der Waals surface area contributed by atoms with Crippen LogP contribution in [-0.2, 0) is 6.42 Å². The van der Waals surface area contributed by atoms with Crippen LogP contribution in [0.2, 0.25) is 0 Å². The SMILES string of the molecule is CCc1ccc(OCC(O)COc2ccccc2N)cc1. The molecular formula is C17H21NO3. The summed E-state index contributed by atoms with van der Waals surface area (Å²) in [6.07, 6.45) is 0.283. The first-order chi connectivity index (χ1) is 10.2. The number of ether oxygens (including phenoxy) is 2. The van der Waals surface area contributed by atoms with Gasteiger partial charge in [0.25, 0.3) is 0 Å². The highest BCUT2D eigenvalue weighted by Gasteiger charge is 2.08. The molecule has 4 nitrogen and oxygen atoms in total. The maximum absolute atomic E-state index is 9.87. The molecule has 0 aliphatic rings. The Morgan fingerprint density at radius 3 is 2.33 bits per heavy atom. The normalized spacial score (nSPS) is 11.9. The molecule has 112 valence electrons. The second kappa shape index (κ2) is 7.55. The van der Waals surface area contributed by atoms with Crippen molar-refractivity contribution in [2.24, 2.45) is 0 Å². The number of rotatable bonds is 7. The van der Waals surface area contributed by atoms with Gasteiger partial charge in [0.1, 0.15) is 30.8 Å².